The van der Waals surface area contributed by atoms with Crippen LogP contribution in [0.2, 0.25) is 0 Å². The highest BCUT2D eigenvalue weighted by atomic mass is 19.1. The van der Waals surface area contributed by atoms with E-state index in [1.54, 1.807) is 12.1 Å². The molecule has 0 spiro atoms. The molecule has 0 amide bonds. The van der Waals surface area contributed by atoms with Crippen molar-refractivity contribution in [2.45, 2.75) is 19.3 Å². The Morgan fingerprint density at radius 1 is 0.600 bits per heavy atom. The molecule has 3 heteroatoms. The Bertz CT molecular complexity index is 1110. The fourth-order valence-corrected chi connectivity index (χ4v) is 3.67. The monoisotopic (exact) mass is 402 g/mol. The summed E-state index contributed by atoms with van der Waals surface area (Å²) in [5, 5.41) is 0. The first kappa shape index (κ1) is 20.0. The molecule has 0 nitrogen and oxygen atoms in total. The zero-order chi connectivity index (χ0) is 21.1. The number of halogens is 3. The van der Waals surface area contributed by atoms with Crippen LogP contribution in [0.4, 0.5) is 13.2 Å². The Balaban J connectivity index is 1.57. The smallest absolute Gasteiger partial charge is 0.129 e. The van der Waals surface area contributed by atoms with Gasteiger partial charge in [0.05, 0.1) is 0 Å². The fourth-order valence-electron chi connectivity index (χ4n) is 3.67. The molecule has 4 aromatic carbocycles. The summed E-state index contributed by atoms with van der Waals surface area (Å²) in [5.41, 5.74) is 4.17. The minimum absolute atomic E-state index is 0.0102. The van der Waals surface area contributed by atoms with Gasteiger partial charge in [-0.25, -0.2) is 13.2 Å². The van der Waals surface area contributed by atoms with E-state index in [0.29, 0.717) is 12.0 Å². The zero-order valence-corrected chi connectivity index (χ0v) is 16.6. The lowest BCUT2D eigenvalue weighted by molar-refractivity contribution is 0.544. The van der Waals surface area contributed by atoms with Crippen molar-refractivity contribution in [1.82, 2.24) is 0 Å². The average molecular weight is 402 g/mol. The van der Waals surface area contributed by atoms with Crippen LogP contribution in [0.15, 0.2) is 91.0 Å². The van der Waals surface area contributed by atoms with Crippen LogP contribution in [0.1, 0.15) is 24.0 Å². The number of hydrogen-bond donors (Lipinski definition) is 0. The molecule has 0 aliphatic heterocycles. The highest BCUT2D eigenvalue weighted by Crippen LogP contribution is 2.30. The Kier molecular flexibility index (Phi) is 5.71. The van der Waals surface area contributed by atoms with Gasteiger partial charge in [-0.05, 0) is 64.4 Å². The number of rotatable bonds is 5. The third kappa shape index (κ3) is 4.30. The van der Waals surface area contributed by atoms with E-state index in [0.717, 1.165) is 22.3 Å². The molecule has 4 rings (SSSR count). The molecule has 0 aliphatic rings. The van der Waals surface area contributed by atoms with Gasteiger partial charge in [0.1, 0.15) is 17.5 Å². The second-order valence-corrected chi connectivity index (χ2v) is 7.52. The third-order valence-corrected chi connectivity index (χ3v) is 5.42. The molecular weight excluding hydrogens is 381 g/mol. The molecule has 0 heterocycles. The quantitative estimate of drug-likeness (QED) is 0.320. The van der Waals surface area contributed by atoms with Crippen LogP contribution in [0.5, 0.6) is 0 Å². The van der Waals surface area contributed by atoms with Crippen molar-refractivity contribution in [2.75, 3.05) is 0 Å². The van der Waals surface area contributed by atoms with E-state index < -0.39 is 11.6 Å². The summed E-state index contributed by atoms with van der Waals surface area (Å²) in [5.74, 6) is -1.34. The highest BCUT2D eigenvalue weighted by Gasteiger charge is 2.16. The topological polar surface area (TPSA) is 0 Å². The van der Waals surface area contributed by atoms with Gasteiger partial charge >= 0.3 is 0 Å². The molecule has 30 heavy (non-hydrogen) atoms. The lowest BCUT2D eigenvalue weighted by Crippen LogP contribution is -2.04. The van der Waals surface area contributed by atoms with E-state index in [-0.39, 0.29) is 17.3 Å². The van der Waals surface area contributed by atoms with Crippen molar-refractivity contribution in [3.05, 3.63) is 120 Å². The molecule has 0 N–H and O–H groups in total. The maximum Gasteiger partial charge on any atom is 0.129 e. The Hall–Kier alpha value is -3.33. The van der Waals surface area contributed by atoms with E-state index in [9.17, 15) is 13.2 Å². The lowest BCUT2D eigenvalue weighted by atomic mass is 9.92. The van der Waals surface area contributed by atoms with Crippen LogP contribution in [-0.4, -0.2) is 0 Å². The van der Waals surface area contributed by atoms with Crippen LogP contribution in [0.3, 0.4) is 0 Å². The fraction of sp³-hybridized carbons (Fsp3) is 0.111. The largest absolute Gasteiger partial charge is 0.207 e. The summed E-state index contributed by atoms with van der Waals surface area (Å²) in [6.45, 7) is 1.97. The highest BCUT2D eigenvalue weighted by molar-refractivity contribution is 5.70. The number of benzene rings is 4. The van der Waals surface area contributed by atoms with Crippen molar-refractivity contribution in [1.29, 1.82) is 0 Å². The second-order valence-electron chi connectivity index (χ2n) is 7.52. The normalized spacial score (nSPS) is 12.0. The van der Waals surface area contributed by atoms with Gasteiger partial charge in [-0.15, -0.1) is 0 Å². The molecule has 0 radical (unpaired) electrons. The molecule has 0 aromatic heterocycles. The summed E-state index contributed by atoms with van der Waals surface area (Å²) in [6.07, 6.45) is 0.297. The van der Waals surface area contributed by atoms with Crippen LogP contribution >= 0.6 is 0 Å². The van der Waals surface area contributed by atoms with Crippen molar-refractivity contribution < 1.29 is 13.2 Å². The van der Waals surface area contributed by atoms with Gasteiger partial charge in [-0.2, -0.15) is 0 Å². The third-order valence-electron chi connectivity index (χ3n) is 5.42. The first-order valence-corrected chi connectivity index (χ1v) is 9.90. The summed E-state index contributed by atoms with van der Waals surface area (Å²) in [4.78, 5) is 0. The van der Waals surface area contributed by atoms with Crippen molar-refractivity contribution >= 4 is 0 Å². The van der Waals surface area contributed by atoms with Gasteiger partial charge in [-0.3, -0.25) is 0 Å². The van der Waals surface area contributed by atoms with E-state index in [2.05, 4.69) is 0 Å². The Morgan fingerprint density at radius 3 is 1.60 bits per heavy atom. The Labute approximate surface area is 174 Å². The predicted molar refractivity (Wildman–Crippen MR) is 116 cm³/mol. The van der Waals surface area contributed by atoms with E-state index in [1.807, 2.05) is 61.5 Å². The molecular formula is C27H21F3. The van der Waals surface area contributed by atoms with E-state index in [1.165, 1.54) is 24.3 Å². The lowest BCUT2D eigenvalue weighted by Gasteiger charge is -2.14. The van der Waals surface area contributed by atoms with Crippen molar-refractivity contribution in [3.8, 4) is 22.3 Å². The maximum atomic E-state index is 14.8. The molecule has 0 saturated carbocycles. The number of hydrogen-bond acceptors (Lipinski definition) is 0. The molecule has 1 atom stereocenters. The van der Waals surface area contributed by atoms with Crippen molar-refractivity contribution in [3.63, 3.8) is 0 Å². The summed E-state index contributed by atoms with van der Waals surface area (Å²) in [6, 6.07) is 26.1. The van der Waals surface area contributed by atoms with Gasteiger partial charge in [-0.1, -0.05) is 73.7 Å². The molecule has 4 aromatic rings. The van der Waals surface area contributed by atoms with Crippen LogP contribution < -0.4 is 0 Å². The SMILES string of the molecule is C[C@@H](Cc1c(F)cc(-c2ccc(-c3ccc(F)cc3)cc2)cc1F)c1ccccc1. The first-order chi connectivity index (χ1) is 14.5. The summed E-state index contributed by atoms with van der Waals surface area (Å²) >= 11 is 0. The Morgan fingerprint density at radius 2 is 1.07 bits per heavy atom. The van der Waals surface area contributed by atoms with Crippen LogP contribution in [-0.2, 0) is 6.42 Å². The summed E-state index contributed by atoms with van der Waals surface area (Å²) in [7, 11) is 0. The van der Waals surface area contributed by atoms with Crippen LogP contribution in [0, 0.1) is 17.5 Å². The zero-order valence-electron chi connectivity index (χ0n) is 16.6. The van der Waals surface area contributed by atoms with Crippen molar-refractivity contribution in [2.24, 2.45) is 0 Å². The minimum Gasteiger partial charge on any atom is -0.207 e. The molecule has 150 valence electrons. The first-order valence-electron chi connectivity index (χ1n) is 9.90. The second kappa shape index (κ2) is 8.58. The van der Waals surface area contributed by atoms with E-state index >= 15 is 0 Å². The predicted octanol–water partition coefficient (Wildman–Crippen LogP) is 7.78. The van der Waals surface area contributed by atoms with E-state index in [4.69, 9.17) is 0 Å². The van der Waals surface area contributed by atoms with Gasteiger partial charge < -0.3 is 0 Å². The van der Waals surface area contributed by atoms with Crippen LogP contribution in [0.25, 0.3) is 22.3 Å². The maximum absolute atomic E-state index is 14.8. The minimum atomic E-state index is -0.532. The van der Waals surface area contributed by atoms with Gasteiger partial charge in [0.25, 0.3) is 0 Å². The standard InChI is InChI=1S/C27H21F3/c1-18(19-5-3-2-4-6-19)15-25-26(29)16-23(17-27(25)30)22-9-7-20(8-10-22)21-11-13-24(28)14-12-21/h2-14,16-18H,15H2,1H3/t18-/m0/s1. The molecule has 0 unspecified atom stereocenters. The van der Waals surface area contributed by atoms with Gasteiger partial charge in [0.2, 0.25) is 0 Å². The molecule has 0 aliphatic carbocycles. The summed E-state index contributed by atoms with van der Waals surface area (Å²) < 4.78 is 42.7. The van der Waals surface area contributed by atoms with Gasteiger partial charge in [0.15, 0.2) is 0 Å². The van der Waals surface area contributed by atoms with Gasteiger partial charge in [0, 0.05) is 5.56 Å². The average Bonchev–Trinajstić information content (AvgIpc) is 2.77. The molecule has 0 fully saturated rings. The molecule has 0 saturated heterocycles. The molecule has 0 bridgehead atoms.